The minimum Gasteiger partial charge on any atom is -0.443 e. The van der Waals surface area contributed by atoms with Crippen LogP contribution in [0.3, 0.4) is 0 Å². The predicted molar refractivity (Wildman–Crippen MR) is 54.2 cm³/mol. The van der Waals surface area contributed by atoms with Gasteiger partial charge in [-0.05, 0) is 0 Å². The van der Waals surface area contributed by atoms with Gasteiger partial charge in [-0.2, -0.15) is 16.8 Å². The molecule has 0 aliphatic heterocycles. The van der Waals surface area contributed by atoms with Gasteiger partial charge >= 0.3 is 32.2 Å². The lowest BCUT2D eigenvalue weighted by Crippen LogP contribution is -2.13. The first kappa shape index (κ1) is 16.5. The summed E-state index contributed by atoms with van der Waals surface area (Å²) in [4.78, 5) is 21.5. The molecule has 104 valence electrons. The second-order valence-electron chi connectivity index (χ2n) is 2.66. The molecule has 2 N–H and O–H groups in total. The molecule has 0 aliphatic carbocycles. The summed E-state index contributed by atoms with van der Waals surface area (Å²) < 4.78 is 65.0. The van der Waals surface area contributed by atoms with Crippen molar-refractivity contribution in [2.45, 2.75) is 0 Å². The average molecular weight is 304 g/mol. The van der Waals surface area contributed by atoms with Crippen molar-refractivity contribution in [1.82, 2.24) is 0 Å². The molecule has 12 heteroatoms. The highest BCUT2D eigenvalue weighted by molar-refractivity contribution is 7.85. The first-order chi connectivity index (χ1) is 7.99. The van der Waals surface area contributed by atoms with E-state index in [0.29, 0.717) is 12.2 Å². The van der Waals surface area contributed by atoms with Crippen LogP contribution in [0.2, 0.25) is 0 Å². The fourth-order valence-electron chi connectivity index (χ4n) is 0.497. The maximum absolute atomic E-state index is 10.7. The fourth-order valence-corrected chi connectivity index (χ4v) is 1.03. The molecule has 0 aromatic heterocycles. The van der Waals surface area contributed by atoms with E-state index in [1.54, 1.807) is 0 Å². The molecule has 0 aromatic rings. The third-order valence-electron chi connectivity index (χ3n) is 1.06. The van der Waals surface area contributed by atoms with Gasteiger partial charge in [0.05, 0.1) is 0 Å². The molecule has 10 nitrogen and oxygen atoms in total. The van der Waals surface area contributed by atoms with Crippen LogP contribution in [-0.2, 0) is 39.3 Å². The normalized spacial score (nSPS) is 12.3. The fraction of sp³-hybridized carbons (Fsp3) is 0.333. The van der Waals surface area contributed by atoms with Gasteiger partial charge in [-0.1, -0.05) is 0 Å². The molecule has 0 rings (SSSR count). The zero-order valence-electron chi connectivity index (χ0n) is 8.55. The van der Waals surface area contributed by atoms with Gasteiger partial charge in [-0.25, -0.2) is 9.59 Å². The summed E-state index contributed by atoms with van der Waals surface area (Å²) in [7, 11) is -8.99. The topological polar surface area (TPSA) is 161 Å². The highest BCUT2D eigenvalue weighted by Crippen LogP contribution is 1.91. The summed E-state index contributed by atoms with van der Waals surface area (Å²) in [5, 5.41) is 0. The van der Waals surface area contributed by atoms with Gasteiger partial charge < -0.3 is 9.47 Å². The van der Waals surface area contributed by atoms with E-state index in [1.165, 1.54) is 0 Å². The summed E-state index contributed by atoms with van der Waals surface area (Å²) in [6, 6.07) is 0. The molecule has 0 bridgehead atoms. The highest BCUT2D eigenvalue weighted by Gasteiger charge is 2.10. The van der Waals surface area contributed by atoms with Gasteiger partial charge in [0.15, 0.2) is 0 Å². The maximum atomic E-state index is 10.7. The Balaban J connectivity index is 4.15. The Hall–Kier alpha value is -1.50. The van der Waals surface area contributed by atoms with Crippen LogP contribution in [-0.4, -0.2) is 49.8 Å². The van der Waals surface area contributed by atoms with Crippen molar-refractivity contribution in [3.05, 3.63) is 12.2 Å². The van der Waals surface area contributed by atoms with Gasteiger partial charge in [-0.3, -0.25) is 9.11 Å². The Morgan fingerprint density at radius 2 is 1.11 bits per heavy atom. The Morgan fingerprint density at radius 1 is 0.833 bits per heavy atom. The molecule has 0 saturated carbocycles. The van der Waals surface area contributed by atoms with Crippen molar-refractivity contribution >= 4 is 32.2 Å². The molecule has 0 amide bonds. The highest BCUT2D eigenvalue weighted by atomic mass is 32.2. The van der Waals surface area contributed by atoms with Gasteiger partial charge in [0.1, 0.15) is 0 Å². The summed E-state index contributed by atoms with van der Waals surface area (Å²) >= 11 is 0. The molecule has 0 fully saturated rings. The molecule has 0 atom stereocenters. The Bertz CT molecular complexity index is 489. The predicted octanol–water partition coefficient (Wildman–Crippen LogP) is -1.68. The zero-order valence-corrected chi connectivity index (χ0v) is 10.2. The van der Waals surface area contributed by atoms with E-state index in [9.17, 15) is 26.4 Å². The number of carbonyl (C=O) groups excluding carboxylic acids is 2. The molecule has 0 radical (unpaired) electrons. The average Bonchev–Trinajstić information content (AvgIpc) is 2.18. The van der Waals surface area contributed by atoms with E-state index in [-0.39, 0.29) is 0 Å². The van der Waals surface area contributed by atoms with E-state index in [4.69, 9.17) is 9.11 Å². The summed E-state index contributed by atoms with van der Waals surface area (Å²) in [5.74, 6) is -5.15. The van der Waals surface area contributed by atoms with Crippen LogP contribution in [0.4, 0.5) is 0 Å². The Labute approximate surface area is 102 Å². The van der Waals surface area contributed by atoms with Gasteiger partial charge in [0.2, 0.25) is 11.9 Å². The van der Waals surface area contributed by atoms with E-state index in [1.807, 2.05) is 0 Å². The molecular weight excluding hydrogens is 296 g/mol. The lowest BCUT2D eigenvalue weighted by molar-refractivity contribution is -0.138. The molecule has 18 heavy (non-hydrogen) atoms. The van der Waals surface area contributed by atoms with Crippen molar-refractivity contribution < 1.29 is 45.0 Å². The lowest BCUT2D eigenvalue weighted by Gasteiger charge is -1.99. The zero-order chi connectivity index (χ0) is 14.4. The summed E-state index contributed by atoms with van der Waals surface area (Å²) in [6.07, 6.45) is 0.884. The van der Waals surface area contributed by atoms with E-state index in [0.717, 1.165) is 0 Å². The Kier molecular flexibility index (Phi) is 5.90. The van der Waals surface area contributed by atoms with Crippen molar-refractivity contribution in [3.8, 4) is 0 Å². The van der Waals surface area contributed by atoms with Gasteiger partial charge in [0.25, 0.3) is 0 Å². The van der Waals surface area contributed by atoms with Crippen LogP contribution in [0.5, 0.6) is 0 Å². The van der Waals surface area contributed by atoms with E-state index >= 15 is 0 Å². The summed E-state index contributed by atoms with van der Waals surface area (Å²) in [5.41, 5.74) is 0. The number of esters is 2. The lowest BCUT2D eigenvalue weighted by atomic mass is 10.5. The SMILES string of the molecule is O=C(/C=C\C(=O)OCS(=O)(=O)O)OCS(=O)(=O)O. The molecule has 0 aliphatic rings. The smallest absolute Gasteiger partial charge is 0.332 e. The Morgan fingerprint density at radius 3 is 1.33 bits per heavy atom. The quantitative estimate of drug-likeness (QED) is 0.329. The minimum atomic E-state index is -4.49. The van der Waals surface area contributed by atoms with E-state index < -0.39 is 44.1 Å². The molecule has 0 saturated heterocycles. The maximum Gasteiger partial charge on any atom is 0.332 e. The van der Waals surface area contributed by atoms with Crippen molar-refractivity contribution in [3.63, 3.8) is 0 Å². The number of hydrogen-bond donors (Lipinski definition) is 2. The van der Waals surface area contributed by atoms with Crippen LogP contribution in [0, 0.1) is 0 Å². The largest absolute Gasteiger partial charge is 0.443 e. The summed E-state index contributed by atoms with van der Waals surface area (Å²) in [6.45, 7) is 0. The third kappa shape index (κ3) is 11.0. The van der Waals surface area contributed by atoms with E-state index in [2.05, 4.69) is 9.47 Å². The number of carbonyl (C=O) groups is 2. The number of rotatable bonds is 6. The first-order valence-electron chi connectivity index (χ1n) is 3.91. The molecule has 0 spiro atoms. The molecule has 0 unspecified atom stereocenters. The van der Waals surface area contributed by atoms with Crippen LogP contribution in [0.1, 0.15) is 0 Å². The minimum absolute atomic E-state index is 0.442. The second-order valence-corrected chi connectivity index (χ2v) is 5.46. The van der Waals surface area contributed by atoms with Crippen LogP contribution < -0.4 is 0 Å². The van der Waals surface area contributed by atoms with Crippen molar-refractivity contribution in [2.75, 3.05) is 11.9 Å². The van der Waals surface area contributed by atoms with Crippen molar-refractivity contribution in [1.29, 1.82) is 0 Å². The number of hydrogen-bond acceptors (Lipinski definition) is 8. The number of ether oxygens (including phenoxy) is 2. The standard InChI is InChI=1S/C6H8O10S2/c7-5(15-3-17(9,10)11)1-2-6(8)16-4-18(12,13)14/h1-2H,3-4H2,(H,9,10,11)(H,12,13,14)/b2-1-. The molecule has 0 aromatic carbocycles. The monoisotopic (exact) mass is 304 g/mol. The molecule has 0 heterocycles. The van der Waals surface area contributed by atoms with Gasteiger partial charge in [0, 0.05) is 12.2 Å². The second kappa shape index (κ2) is 6.44. The first-order valence-corrected chi connectivity index (χ1v) is 7.13. The van der Waals surface area contributed by atoms with Gasteiger partial charge in [-0.15, -0.1) is 0 Å². The van der Waals surface area contributed by atoms with Crippen LogP contribution in [0.15, 0.2) is 12.2 Å². The third-order valence-corrected chi connectivity index (χ3v) is 1.89. The van der Waals surface area contributed by atoms with Crippen molar-refractivity contribution in [2.24, 2.45) is 0 Å². The van der Waals surface area contributed by atoms with Crippen LogP contribution >= 0.6 is 0 Å². The van der Waals surface area contributed by atoms with Crippen LogP contribution in [0.25, 0.3) is 0 Å². The molecular formula is C6H8O10S2.